The van der Waals surface area contributed by atoms with Crippen LogP contribution in [-0.2, 0) is 13.2 Å². The molecule has 4 heteroatoms. The van der Waals surface area contributed by atoms with Gasteiger partial charge in [-0.2, -0.15) is 0 Å². The summed E-state index contributed by atoms with van der Waals surface area (Å²) in [6.07, 6.45) is 0. The molecule has 3 aromatic rings. The first-order valence-corrected chi connectivity index (χ1v) is 8.62. The van der Waals surface area contributed by atoms with Crippen molar-refractivity contribution in [3.05, 3.63) is 71.1 Å². The lowest BCUT2D eigenvalue weighted by Gasteiger charge is -2.20. The zero-order chi connectivity index (χ0) is 16.1. The molecule has 2 aromatic carbocycles. The molecule has 1 aromatic heterocycles. The summed E-state index contributed by atoms with van der Waals surface area (Å²) in [5, 5.41) is 12.3. The summed E-state index contributed by atoms with van der Waals surface area (Å²) in [6.45, 7) is 3.96. The van der Waals surface area contributed by atoms with Gasteiger partial charge in [-0.3, -0.25) is 0 Å². The highest BCUT2D eigenvalue weighted by Crippen LogP contribution is 2.28. The quantitative estimate of drug-likeness (QED) is 0.733. The SMILES string of the molecule is CCN(Cc1ccc(CO)cc1)c1nc(-c2ccccc2)cs1. The van der Waals surface area contributed by atoms with Crippen molar-refractivity contribution >= 4 is 16.5 Å². The molecule has 0 radical (unpaired) electrons. The van der Waals surface area contributed by atoms with Crippen molar-refractivity contribution in [1.82, 2.24) is 4.98 Å². The van der Waals surface area contributed by atoms with Gasteiger partial charge in [-0.1, -0.05) is 54.6 Å². The number of aliphatic hydroxyl groups is 1. The number of hydrogen-bond donors (Lipinski definition) is 1. The highest BCUT2D eigenvalue weighted by molar-refractivity contribution is 7.14. The Labute approximate surface area is 140 Å². The van der Waals surface area contributed by atoms with E-state index in [1.807, 2.05) is 30.3 Å². The van der Waals surface area contributed by atoms with Gasteiger partial charge < -0.3 is 10.0 Å². The fourth-order valence-corrected chi connectivity index (χ4v) is 3.34. The summed E-state index contributed by atoms with van der Waals surface area (Å²) in [7, 11) is 0. The number of hydrogen-bond acceptors (Lipinski definition) is 4. The number of aromatic nitrogens is 1. The summed E-state index contributed by atoms with van der Waals surface area (Å²) in [5.74, 6) is 0. The van der Waals surface area contributed by atoms with Crippen LogP contribution in [0.1, 0.15) is 18.1 Å². The number of nitrogens with zero attached hydrogens (tertiary/aromatic N) is 2. The van der Waals surface area contributed by atoms with E-state index < -0.39 is 0 Å². The molecule has 0 aliphatic rings. The van der Waals surface area contributed by atoms with Crippen LogP contribution in [0.15, 0.2) is 60.0 Å². The maximum absolute atomic E-state index is 9.13. The molecule has 0 saturated carbocycles. The molecule has 3 nitrogen and oxygen atoms in total. The van der Waals surface area contributed by atoms with E-state index in [0.29, 0.717) is 0 Å². The van der Waals surface area contributed by atoms with Gasteiger partial charge in [0.15, 0.2) is 5.13 Å². The lowest BCUT2D eigenvalue weighted by molar-refractivity contribution is 0.282. The molecular formula is C19H20N2OS. The molecule has 1 heterocycles. The third-order valence-corrected chi connectivity index (χ3v) is 4.69. The van der Waals surface area contributed by atoms with Crippen molar-refractivity contribution in [2.45, 2.75) is 20.1 Å². The van der Waals surface area contributed by atoms with E-state index in [-0.39, 0.29) is 6.61 Å². The number of benzene rings is 2. The lowest BCUT2D eigenvalue weighted by atomic mass is 10.1. The second-order valence-corrected chi connectivity index (χ2v) is 6.21. The summed E-state index contributed by atoms with van der Waals surface area (Å²) in [4.78, 5) is 7.05. The standard InChI is InChI=1S/C19H20N2OS/c1-2-21(12-15-8-10-16(13-22)11-9-15)19-20-18(14-23-19)17-6-4-3-5-7-17/h3-11,14,22H,2,12-13H2,1H3. The van der Waals surface area contributed by atoms with Crippen LogP contribution in [0.25, 0.3) is 11.3 Å². The fourth-order valence-electron chi connectivity index (χ4n) is 2.44. The fraction of sp³-hybridized carbons (Fsp3) is 0.211. The van der Waals surface area contributed by atoms with Crippen molar-refractivity contribution in [2.24, 2.45) is 0 Å². The molecular weight excluding hydrogens is 304 g/mol. The van der Waals surface area contributed by atoms with E-state index in [2.05, 4.69) is 41.5 Å². The number of aliphatic hydroxyl groups excluding tert-OH is 1. The maximum atomic E-state index is 9.13. The first-order valence-electron chi connectivity index (χ1n) is 7.74. The number of thiazole rings is 1. The van der Waals surface area contributed by atoms with Crippen LogP contribution in [0.2, 0.25) is 0 Å². The summed E-state index contributed by atoms with van der Waals surface area (Å²) in [5.41, 5.74) is 4.34. The Bertz CT molecular complexity index is 738. The average Bonchev–Trinajstić information content (AvgIpc) is 3.11. The van der Waals surface area contributed by atoms with E-state index in [9.17, 15) is 0 Å². The molecule has 0 aliphatic heterocycles. The van der Waals surface area contributed by atoms with E-state index >= 15 is 0 Å². The molecule has 0 unspecified atom stereocenters. The molecule has 0 saturated heterocycles. The normalized spacial score (nSPS) is 10.7. The van der Waals surface area contributed by atoms with Crippen LogP contribution in [0, 0.1) is 0 Å². The average molecular weight is 324 g/mol. The van der Waals surface area contributed by atoms with Crippen molar-refractivity contribution in [2.75, 3.05) is 11.4 Å². The Morgan fingerprint density at radius 1 is 1.00 bits per heavy atom. The summed E-state index contributed by atoms with van der Waals surface area (Å²) in [6, 6.07) is 18.3. The molecule has 0 fully saturated rings. The number of anilines is 1. The second kappa shape index (κ2) is 7.40. The minimum atomic E-state index is 0.0880. The van der Waals surface area contributed by atoms with Gasteiger partial charge in [0.05, 0.1) is 12.3 Å². The molecule has 3 rings (SSSR count). The summed E-state index contributed by atoms with van der Waals surface area (Å²) >= 11 is 1.68. The van der Waals surface area contributed by atoms with Gasteiger partial charge in [-0.25, -0.2) is 4.98 Å². The molecule has 0 aliphatic carbocycles. The number of rotatable bonds is 6. The molecule has 0 atom stereocenters. The van der Waals surface area contributed by atoms with Gasteiger partial charge in [-0.15, -0.1) is 11.3 Å². The van der Waals surface area contributed by atoms with Crippen LogP contribution in [-0.4, -0.2) is 16.6 Å². The van der Waals surface area contributed by atoms with Gasteiger partial charge in [-0.05, 0) is 18.1 Å². The predicted octanol–water partition coefficient (Wildman–Crippen LogP) is 4.33. The first-order chi connectivity index (χ1) is 11.3. The Hall–Kier alpha value is -2.17. The van der Waals surface area contributed by atoms with E-state index in [1.54, 1.807) is 11.3 Å². The van der Waals surface area contributed by atoms with Gasteiger partial charge in [0, 0.05) is 24.0 Å². The van der Waals surface area contributed by atoms with Crippen LogP contribution < -0.4 is 4.90 Å². The highest BCUT2D eigenvalue weighted by Gasteiger charge is 2.11. The molecule has 0 spiro atoms. The molecule has 1 N–H and O–H groups in total. The Balaban J connectivity index is 1.77. The molecule has 0 amide bonds. The minimum absolute atomic E-state index is 0.0880. The Kier molecular flexibility index (Phi) is 5.05. The highest BCUT2D eigenvalue weighted by atomic mass is 32.1. The van der Waals surface area contributed by atoms with Crippen LogP contribution in [0.3, 0.4) is 0 Å². The largest absolute Gasteiger partial charge is 0.392 e. The zero-order valence-electron chi connectivity index (χ0n) is 13.1. The predicted molar refractivity (Wildman–Crippen MR) is 96.6 cm³/mol. The second-order valence-electron chi connectivity index (χ2n) is 5.37. The monoisotopic (exact) mass is 324 g/mol. The van der Waals surface area contributed by atoms with Gasteiger partial charge in [0.25, 0.3) is 0 Å². The summed E-state index contributed by atoms with van der Waals surface area (Å²) < 4.78 is 0. The Morgan fingerprint density at radius 3 is 2.35 bits per heavy atom. The van der Waals surface area contributed by atoms with Crippen LogP contribution in [0.5, 0.6) is 0 Å². The van der Waals surface area contributed by atoms with E-state index in [4.69, 9.17) is 10.1 Å². The molecule has 23 heavy (non-hydrogen) atoms. The van der Waals surface area contributed by atoms with Crippen molar-refractivity contribution in [3.63, 3.8) is 0 Å². The van der Waals surface area contributed by atoms with Crippen molar-refractivity contribution in [1.29, 1.82) is 0 Å². The van der Waals surface area contributed by atoms with Gasteiger partial charge >= 0.3 is 0 Å². The van der Waals surface area contributed by atoms with E-state index in [1.165, 1.54) is 5.56 Å². The van der Waals surface area contributed by atoms with Crippen LogP contribution >= 0.6 is 11.3 Å². The zero-order valence-corrected chi connectivity index (χ0v) is 14.0. The molecule has 118 valence electrons. The van der Waals surface area contributed by atoms with Crippen LogP contribution in [0.4, 0.5) is 5.13 Å². The van der Waals surface area contributed by atoms with Crippen molar-refractivity contribution < 1.29 is 5.11 Å². The molecule has 0 bridgehead atoms. The lowest BCUT2D eigenvalue weighted by Crippen LogP contribution is -2.21. The van der Waals surface area contributed by atoms with Gasteiger partial charge in [0.2, 0.25) is 0 Å². The topological polar surface area (TPSA) is 36.4 Å². The maximum Gasteiger partial charge on any atom is 0.186 e. The van der Waals surface area contributed by atoms with E-state index in [0.717, 1.165) is 35.0 Å². The third-order valence-electron chi connectivity index (χ3n) is 3.79. The minimum Gasteiger partial charge on any atom is -0.392 e. The van der Waals surface area contributed by atoms with Crippen molar-refractivity contribution in [3.8, 4) is 11.3 Å². The smallest absolute Gasteiger partial charge is 0.186 e. The Morgan fingerprint density at radius 2 is 1.70 bits per heavy atom. The third kappa shape index (κ3) is 3.78. The first kappa shape index (κ1) is 15.7. The van der Waals surface area contributed by atoms with Gasteiger partial charge in [0.1, 0.15) is 0 Å².